The normalized spacial score (nSPS) is 21.1. The van der Waals surface area contributed by atoms with Gasteiger partial charge in [0, 0.05) is 31.2 Å². The van der Waals surface area contributed by atoms with Crippen LogP contribution in [0.25, 0.3) is 0 Å². The number of amides is 1. The van der Waals surface area contributed by atoms with Crippen molar-refractivity contribution in [2.75, 3.05) is 26.7 Å². The summed E-state index contributed by atoms with van der Waals surface area (Å²) < 4.78 is 13.2. The molecule has 4 heteroatoms. The Morgan fingerprint density at radius 1 is 1.39 bits per heavy atom. The van der Waals surface area contributed by atoms with E-state index in [1.807, 2.05) is 4.90 Å². The number of halogens is 1. The van der Waals surface area contributed by atoms with Gasteiger partial charge in [-0.25, -0.2) is 4.39 Å². The van der Waals surface area contributed by atoms with Crippen LogP contribution in [0.3, 0.4) is 0 Å². The number of likely N-dealkylation sites (N-methyl/N-ethyl adjacent to an activating group) is 1. The molecule has 1 atom stereocenters. The van der Waals surface area contributed by atoms with E-state index in [2.05, 4.69) is 18.9 Å². The number of hydrogen-bond acceptors (Lipinski definition) is 2. The van der Waals surface area contributed by atoms with Crippen molar-refractivity contribution in [3.8, 4) is 0 Å². The molecule has 1 amide bonds. The Morgan fingerprint density at radius 2 is 2.11 bits per heavy atom. The van der Waals surface area contributed by atoms with Crippen molar-refractivity contribution in [1.29, 1.82) is 0 Å². The molecule has 0 aliphatic carbocycles. The predicted octanol–water partition coefficient (Wildman–Crippen LogP) is 1.91. The highest BCUT2D eigenvalue weighted by molar-refractivity contribution is 5.94. The first-order valence-corrected chi connectivity index (χ1v) is 6.24. The van der Waals surface area contributed by atoms with Crippen molar-refractivity contribution in [1.82, 2.24) is 9.80 Å². The number of aryl methyl sites for hydroxylation is 1. The molecule has 1 aromatic rings. The number of piperazine rings is 1. The summed E-state index contributed by atoms with van der Waals surface area (Å²) in [5.41, 5.74) is 1.09. The fraction of sp³-hybridized carbons (Fsp3) is 0.500. The SMILES string of the molecule is Cc1cc(C(=O)N2CCN(C)C(C)C2)ccc1F. The minimum absolute atomic E-state index is 0.00181. The Labute approximate surface area is 107 Å². The molecule has 18 heavy (non-hydrogen) atoms. The van der Waals surface area contributed by atoms with Gasteiger partial charge < -0.3 is 9.80 Å². The molecule has 1 unspecified atom stereocenters. The predicted molar refractivity (Wildman–Crippen MR) is 69.1 cm³/mol. The van der Waals surface area contributed by atoms with Crippen molar-refractivity contribution >= 4 is 5.91 Å². The van der Waals surface area contributed by atoms with Gasteiger partial charge >= 0.3 is 0 Å². The van der Waals surface area contributed by atoms with Crippen molar-refractivity contribution in [2.45, 2.75) is 19.9 Å². The molecule has 2 rings (SSSR count). The van der Waals surface area contributed by atoms with Gasteiger partial charge in [-0.05, 0) is 44.7 Å². The van der Waals surface area contributed by atoms with Crippen molar-refractivity contribution in [2.24, 2.45) is 0 Å². The smallest absolute Gasteiger partial charge is 0.253 e. The van der Waals surface area contributed by atoms with Crippen LogP contribution in [0.15, 0.2) is 18.2 Å². The lowest BCUT2D eigenvalue weighted by atomic mass is 10.1. The third-order valence-corrected chi connectivity index (χ3v) is 3.65. The Kier molecular flexibility index (Phi) is 3.66. The standard InChI is InChI=1S/C14H19FN2O/c1-10-8-12(4-5-13(10)15)14(18)17-7-6-16(3)11(2)9-17/h4-5,8,11H,6-7,9H2,1-3H3. The van der Waals surface area contributed by atoms with E-state index < -0.39 is 0 Å². The molecule has 0 bridgehead atoms. The minimum Gasteiger partial charge on any atom is -0.336 e. The summed E-state index contributed by atoms with van der Waals surface area (Å²) in [7, 11) is 2.06. The van der Waals surface area contributed by atoms with Gasteiger partial charge in [0.05, 0.1) is 0 Å². The Hall–Kier alpha value is -1.42. The van der Waals surface area contributed by atoms with Crippen LogP contribution in [0.5, 0.6) is 0 Å². The number of benzene rings is 1. The van der Waals surface area contributed by atoms with Gasteiger partial charge in [0.15, 0.2) is 0 Å². The summed E-state index contributed by atoms with van der Waals surface area (Å²) >= 11 is 0. The van der Waals surface area contributed by atoms with Crippen LogP contribution in [0.4, 0.5) is 4.39 Å². The molecule has 0 radical (unpaired) electrons. The number of hydrogen-bond donors (Lipinski definition) is 0. The number of carbonyl (C=O) groups excluding carboxylic acids is 1. The molecule has 3 nitrogen and oxygen atoms in total. The summed E-state index contributed by atoms with van der Waals surface area (Å²) in [5.74, 6) is -0.267. The van der Waals surface area contributed by atoms with Crippen molar-refractivity contribution < 1.29 is 9.18 Å². The fourth-order valence-electron chi connectivity index (χ4n) is 2.19. The second-order valence-corrected chi connectivity index (χ2v) is 5.04. The van der Waals surface area contributed by atoms with Crippen molar-refractivity contribution in [3.05, 3.63) is 35.1 Å². The molecule has 1 saturated heterocycles. The van der Waals surface area contributed by atoms with E-state index in [4.69, 9.17) is 0 Å². The molecule has 1 fully saturated rings. The Bertz CT molecular complexity index is 461. The second-order valence-electron chi connectivity index (χ2n) is 5.04. The summed E-state index contributed by atoms with van der Waals surface area (Å²) in [6.07, 6.45) is 0. The summed E-state index contributed by atoms with van der Waals surface area (Å²) in [5, 5.41) is 0. The first-order valence-electron chi connectivity index (χ1n) is 6.24. The van der Waals surface area contributed by atoms with Crippen LogP contribution in [-0.2, 0) is 0 Å². The van der Waals surface area contributed by atoms with Gasteiger partial charge in [0.2, 0.25) is 0 Å². The van der Waals surface area contributed by atoms with Gasteiger partial charge in [-0.2, -0.15) is 0 Å². The lowest BCUT2D eigenvalue weighted by molar-refractivity contribution is 0.0572. The third kappa shape index (κ3) is 2.53. The molecular formula is C14H19FN2O. The van der Waals surface area contributed by atoms with Crippen LogP contribution in [-0.4, -0.2) is 48.4 Å². The Morgan fingerprint density at radius 3 is 2.72 bits per heavy atom. The van der Waals surface area contributed by atoms with Crippen molar-refractivity contribution in [3.63, 3.8) is 0 Å². The zero-order chi connectivity index (χ0) is 13.3. The van der Waals surface area contributed by atoms with E-state index in [0.29, 0.717) is 17.2 Å². The van der Waals surface area contributed by atoms with Gasteiger partial charge in [-0.1, -0.05) is 0 Å². The van der Waals surface area contributed by atoms with Gasteiger partial charge in [0.1, 0.15) is 5.82 Å². The molecule has 0 N–H and O–H groups in total. The summed E-state index contributed by atoms with van der Waals surface area (Å²) in [4.78, 5) is 16.4. The largest absolute Gasteiger partial charge is 0.336 e. The molecule has 1 heterocycles. The lowest BCUT2D eigenvalue weighted by Gasteiger charge is -2.37. The monoisotopic (exact) mass is 250 g/mol. The quantitative estimate of drug-likeness (QED) is 0.760. The van der Waals surface area contributed by atoms with Crippen LogP contribution < -0.4 is 0 Å². The summed E-state index contributed by atoms with van der Waals surface area (Å²) in [6.45, 7) is 6.13. The summed E-state index contributed by atoms with van der Waals surface area (Å²) in [6, 6.07) is 4.92. The van der Waals surface area contributed by atoms with Gasteiger partial charge in [-0.15, -0.1) is 0 Å². The average Bonchev–Trinajstić information content (AvgIpc) is 2.35. The maximum Gasteiger partial charge on any atom is 0.253 e. The van der Waals surface area contributed by atoms with E-state index in [1.165, 1.54) is 6.07 Å². The number of nitrogens with zero attached hydrogens (tertiary/aromatic N) is 2. The molecule has 1 aliphatic heterocycles. The number of rotatable bonds is 1. The maximum atomic E-state index is 13.2. The fourth-order valence-corrected chi connectivity index (χ4v) is 2.19. The molecular weight excluding hydrogens is 231 g/mol. The first-order chi connectivity index (χ1) is 8.49. The maximum absolute atomic E-state index is 13.2. The van der Waals surface area contributed by atoms with Gasteiger partial charge in [-0.3, -0.25) is 4.79 Å². The van der Waals surface area contributed by atoms with Gasteiger partial charge in [0.25, 0.3) is 5.91 Å². The minimum atomic E-state index is -0.265. The molecule has 0 saturated carbocycles. The van der Waals surface area contributed by atoms with E-state index in [-0.39, 0.29) is 11.7 Å². The number of carbonyl (C=O) groups is 1. The van der Waals surface area contributed by atoms with Crippen LogP contribution >= 0.6 is 0 Å². The van der Waals surface area contributed by atoms with E-state index in [0.717, 1.165) is 19.6 Å². The molecule has 1 aliphatic rings. The topological polar surface area (TPSA) is 23.6 Å². The zero-order valence-electron chi connectivity index (χ0n) is 11.1. The highest BCUT2D eigenvalue weighted by Crippen LogP contribution is 2.14. The van der Waals surface area contributed by atoms with E-state index >= 15 is 0 Å². The molecule has 98 valence electrons. The van der Waals surface area contributed by atoms with E-state index in [9.17, 15) is 9.18 Å². The Balaban J connectivity index is 2.14. The lowest BCUT2D eigenvalue weighted by Crippen LogP contribution is -2.52. The third-order valence-electron chi connectivity index (χ3n) is 3.65. The van der Waals surface area contributed by atoms with E-state index in [1.54, 1.807) is 19.1 Å². The first kappa shape index (κ1) is 13.0. The average molecular weight is 250 g/mol. The highest BCUT2D eigenvalue weighted by Gasteiger charge is 2.25. The van der Waals surface area contributed by atoms with Crippen LogP contribution in [0.2, 0.25) is 0 Å². The molecule has 0 spiro atoms. The highest BCUT2D eigenvalue weighted by atomic mass is 19.1. The molecule has 1 aromatic carbocycles. The van der Waals surface area contributed by atoms with Crippen LogP contribution in [0.1, 0.15) is 22.8 Å². The second kappa shape index (κ2) is 5.06. The zero-order valence-corrected chi connectivity index (χ0v) is 11.1. The molecule has 0 aromatic heterocycles. The van der Waals surface area contributed by atoms with Crippen LogP contribution in [0, 0.1) is 12.7 Å².